The van der Waals surface area contributed by atoms with Gasteiger partial charge in [-0.25, -0.2) is 0 Å². The Kier molecular flexibility index (Phi) is 4.40. The first-order chi connectivity index (χ1) is 14.3. The third-order valence-electron chi connectivity index (χ3n) is 10.4. The second kappa shape index (κ2) is 6.54. The Morgan fingerprint density at radius 1 is 0.833 bits per heavy atom. The minimum atomic E-state index is -0.449. The quantitative estimate of drug-likeness (QED) is 0.651. The van der Waals surface area contributed by atoms with Crippen molar-refractivity contribution in [3.05, 3.63) is 11.6 Å². The van der Waals surface area contributed by atoms with Gasteiger partial charge in [0.15, 0.2) is 11.6 Å². The van der Waals surface area contributed by atoms with Gasteiger partial charge in [-0.1, -0.05) is 25.5 Å². The number of aliphatic hydroxyl groups excluding tert-OH is 1. The topological polar surface area (TPSA) is 57.2 Å². The molecular formula is C25H38O5. The Labute approximate surface area is 180 Å². The fraction of sp³-hybridized carbons (Fsp3) is 0.920. The lowest BCUT2D eigenvalue weighted by Crippen LogP contribution is -2.57. The number of hydrogen-bond acceptors (Lipinski definition) is 5. The first-order valence-corrected chi connectivity index (χ1v) is 12.2. The largest absolute Gasteiger partial charge is 0.389 e. The Morgan fingerprint density at radius 2 is 1.53 bits per heavy atom. The van der Waals surface area contributed by atoms with E-state index >= 15 is 0 Å². The zero-order chi connectivity index (χ0) is 20.8. The summed E-state index contributed by atoms with van der Waals surface area (Å²) < 4.78 is 24.4. The molecule has 0 aromatic carbocycles. The number of aliphatic hydroxyl groups is 1. The van der Waals surface area contributed by atoms with Crippen molar-refractivity contribution in [3.8, 4) is 0 Å². The van der Waals surface area contributed by atoms with E-state index in [1.807, 2.05) is 0 Å². The van der Waals surface area contributed by atoms with E-state index in [1.165, 1.54) is 24.8 Å². The molecule has 2 aliphatic heterocycles. The van der Waals surface area contributed by atoms with Crippen LogP contribution in [0.5, 0.6) is 0 Å². The van der Waals surface area contributed by atoms with Crippen LogP contribution < -0.4 is 0 Å². The van der Waals surface area contributed by atoms with Crippen molar-refractivity contribution in [2.45, 2.75) is 83.4 Å². The molecule has 6 aliphatic rings. The molecule has 5 heteroatoms. The molecule has 1 spiro atoms. The predicted molar refractivity (Wildman–Crippen MR) is 112 cm³/mol. The van der Waals surface area contributed by atoms with Gasteiger partial charge in [-0.3, -0.25) is 0 Å². The summed E-state index contributed by atoms with van der Waals surface area (Å²) in [5, 5.41) is 11.4. The summed E-state index contributed by atoms with van der Waals surface area (Å²) in [7, 11) is 0. The highest BCUT2D eigenvalue weighted by atomic mass is 16.7. The molecule has 6 rings (SSSR count). The molecular weight excluding hydrogens is 380 g/mol. The molecule has 5 unspecified atom stereocenters. The van der Waals surface area contributed by atoms with Crippen molar-refractivity contribution in [3.63, 3.8) is 0 Å². The van der Waals surface area contributed by atoms with Crippen molar-refractivity contribution in [2.24, 2.45) is 34.5 Å². The molecule has 1 N–H and O–H groups in total. The van der Waals surface area contributed by atoms with Gasteiger partial charge in [0.2, 0.25) is 0 Å². The summed E-state index contributed by atoms with van der Waals surface area (Å²) in [5.74, 6) is 0.956. The molecule has 0 bridgehead atoms. The average Bonchev–Trinajstić information content (AvgIpc) is 3.43. The third-order valence-corrected chi connectivity index (χ3v) is 10.4. The first kappa shape index (κ1) is 20.2. The van der Waals surface area contributed by atoms with Crippen LogP contribution in [0, 0.1) is 34.5 Å². The molecule has 0 amide bonds. The SMILES string of the molecule is CC1(C2CCC3C4C(O)C=C5CC6(CC[C@]5(C)C4CC[C@@]32C)OCCO6)OCCO1. The van der Waals surface area contributed by atoms with Crippen LogP contribution in [0.15, 0.2) is 11.6 Å². The third kappa shape index (κ3) is 2.59. The van der Waals surface area contributed by atoms with E-state index in [9.17, 15) is 5.11 Å². The van der Waals surface area contributed by atoms with Crippen molar-refractivity contribution < 1.29 is 24.1 Å². The van der Waals surface area contributed by atoms with Crippen molar-refractivity contribution in [1.82, 2.24) is 0 Å². The van der Waals surface area contributed by atoms with E-state index in [-0.39, 0.29) is 16.9 Å². The van der Waals surface area contributed by atoms with Gasteiger partial charge in [-0.2, -0.15) is 0 Å². The number of ether oxygens (including phenoxy) is 4. The van der Waals surface area contributed by atoms with Gasteiger partial charge < -0.3 is 24.1 Å². The first-order valence-electron chi connectivity index (χ1n) is 12.2. The van der Waals surface area contributed by atoms with Crippen LogP contribution in [0.2, 0.25) is 0 Å². The summed E-state index contributed by atoms with van der Waals surface area (Å²) in [6.45, 7) is 9.89. The zero-order valence-electron chi connectivity index (χ0n) is 18.8. The van der Waals surface area contributed by atoms with Crippen molar-refractivity contribution >= 4 is 0 Å². The fourth-order valence-electron chi connectivity index (χ4n) is 8.93. The highest BCUT2D eigenvalue weighted by Gasteiger charge is 2.65. The Morgan fingerprint density at radius 3 is 2.27 bits per heavy atom. The molecule has 2 heterocycles. The van der Waals surface area contributed by atoms with Gasteiger partial charge in [-0.05, 0) is 67.6 Å². The van der Waals surface area contributed by atoms with E-state index < -0.39 is 11.6 Å². The smallest absolute Gasteiger partial charge is 0.172 e. The standard InChI is InChI=1S/C25H38O5/c1-22-8-9-25(29-12-13-30-25)15-16(22)14-19(26)21-17-4-5-20(24(3)27-10-11-28-24)23(17,2)7-6-18(21)22/h14,17-21,26H,4-13,15H2,1-3H3/t17?,18?,19?,20?,21?,22-,23-/m0/s1. The Hall–Kier alpha value is -0.460. The summed E-state index contributed by atoms with van der Waals surface area (Å²) in [5.41, 5.74) is 1.72. The van der Waals surface area contributed by atoms with Crippen LogP contribution in [0.25, 0.3) is 0 Å². The van der Waals surface area contributed by atoms with E-state index in [0.717, 1.165) is 25.7 Å². The summed E-state index contributed by atoms with van der Waals surface area (Å²) in [6, 6.07) is 0. The molecule has 30 heavy (non-hydrogen) atoms. The average molecular weight is 419 g/mol. The minimum absolute atomic E-state index is 0.161. The molecule has 7 atom stereocenters. The van der Waals surface area contributed by atoms with Gasteiger partial charge in [0.25, 0.3) is 0 Å². The molecule has 168 valence electrons. The lowest BCUT2D eigenvalue weighted by Gasteiger charge is -2.60. The maximum absolute atomic E-state index is 11.4. The lowest BCUT2D eigenvalue weighted by molar-refractivity contribution is -0.220. The summed E-state index contributed by atoms with van der Waals surface area (Å²) in [4.78, 5) is 0. The van der Waals surface area contributed by atoms with Crippen LogP contribution in [0.4, 0.5) is 0 Å². The van der Waals surface area contributed by atoms with Crippen molar-refractivity contribution in [2.75, 3.05) is 26.4 Å². The van der Waals surface area contributed by atoms with E-state index in [4.69, 9.17) is 18.9 Å². The summed E-state index contributed by atoms with van der Waals surface area (Å²) in [6.07, 6.45) is 9.46. The molecule has 0 aromatic heterocycles. The number of rotatable bonds is 1. The molecule has 3 saturated carbocycles. The fourth-order valence-corrected chi connectivity index (χ4v) is 8.93. The Balaban J connectivity index is 1.32. The molecule has 2 saturated heterocycles. The van der Waals surface area contributed by atoms with E-state index in [1.54, 1.807) is 0 Å². The van der Waals surface area contributed by atoms with E-state index in [2.05, 4.69) is 26.8 Å². The highest BCUT2D eigenvalue weighted by molar-refractivity contribution is 5.29. The van der Waals surface area contributed by atoms with Crippen LogP contribution in [0.3, 0.4) is 0 Å². The molecule has 5 fully saturated rings. The van der Waals surface area contributed by atoms with Crippen molar-refractivity contribution in [1.29, 1.82) is 0 Å². The zero-order valence-corrected chi connectivity index (χ0v) is 18.8. The van der Waals surface area contributed by atoms with Gasteiger partial charge in [0.1, 0.15) is 0 Å². The second-order valence-corrected chi connectivity index (χ2v) is 11.6. The lowest BCUT2D eigenvalue weighted by atomic mass is 9.46. The van der Waals surface area contributed by atoms with E-state index in [0.29, 0.717) is 50.1 Å². The van der Waals surface area contributed by atoms with Gasteiger partial charge in [-0.15, -0.1) is 0 Å². The normalized spacial score (nSPS) is 51.3. The van der Waals surface area contributed by atoms with Gasteiger partial charge >= 0.3 is 0 Å². The molecule has 0 radical (unpaired) electrons. The van der Waals surface area contributed by atoms with Crippen LogP contribution in [0.1, 0.15) is 65.7 Å². The van der Waals surface area contributed by atoms with Crippen LogP contribution in [-0.2, 0) is 18.9 Å². The summed E-state index contributed by atoms with van der Waals surface area (Å²) >= 11 is 0. The number of hydrogen-bond donors (Lipinski definition) is 1. The monoisotopic (exact) mass is 418 g/mol. The molecule has 5 nitrogen and oxygen atoms in total. The minimum Gasteiger partial charge on any atom is -0.389 e. The molecule has 4 aliphatic carbocycles. The predicted octanol–water partition coefficient (Wildman–Crippen LogP) is 4.04. The highest BCUT2D eigenvalue weighted by Crippen LogP contribution is 2.68. The van der Waals surface area contributed by atoms with Gasteiger partial charge in [0.05, 0.1) is 32.5 Å². The Bertz CT molecular complexity index is 736. The van der Waals surface area contributed by atoms with Crippen LogP contribution >= 0.6 is 0 Å². The second-order valence-electron chi connectivity index (χ2n) is 11.6. The van der Waals surface area contributed by atoms with Crippen LogP contribution in [-0.4, -0.2) is 49.2 Å². The maximum atomic E-state index is 11.4. The maximum Gasteiger partial charge on any atom is 0.172 e. The number of fused-ring (bicyclic) bond motifs is 5. The molecule has 0 aromatic rings. The van der Waals surface area contributed by atoms with Gasteiger partial charge in [0, 0.05) is 18.8 Å².